The Morgan fingerprint density at radius 3 is 2.72 bits per heavy atom. The normalized spacial score (nSPS) is 37.7. The Labute approximate surface area is 113 Å². The smallest absolute Gasteiger partial charge is 0.0555 e. The van der Waals surface area contributed by atoms with Crippen LogP contribution in [0.15, 0.2) is 0 Å². The van der Waals surface area contributed by atoms with E-state index in [1.807, 2.05) is 0 Å². The van der Waals surface area contributed by atoms with Crippen molar-refractivity contribution >= 4 is 0 Å². The van der Waals surface area contributed by atoms with Crippen molar-refractivity contribution in [2.75, 3.05) is 13.1 Å². The highest BCUT2D eigenvalue weighted by molar-refractivity contribution is 4.91. The zero-order valence-corrected chi connectivity index (χ0v) is 12.5. The maximum atomic E-state index is 10.00. The van der Waals surface area contributed by atoms with E-state index in [1.165, 1.54) is 45.2 Å². The number of aliphatic hydroxyl groups is 1. The molecule has 0 bridgehead atoms. The molecule has 18 heavy (non-hydrogen) atoms. The van der Waals surface area contributed by atoms with Crippen molar-refractivity contribution in [2.24, 2.45) is 11.3 Å². The number of hydrogen-bond acceptors (Lipinski definition) is 2. The maximum absolute atomic E-state index is 10.00. The van der Waals surface area contributed by atoms with E-state index in [0.717, 1.165) is 18.8 Å². The molecule has 1 aliphatic heterocycles. The molecule has 0 amide bonds. The van der Waals surface area contributed by atoms with Gasteiger partial charge >= 0.3 is 0 Å². The van der Waals surface area contributed by atoms with Crippen LogP contribution in [0, 0.1) is 11.3 Å². The summed E-state index contributed by atoms with van der Waals surface area (Å²) in [7, 11) is 0. The van der Waals surface area contributed by atoms with Crippen LogP contribution >= 0.6 is 0 Å². The summed E-state index contributed by atoms with van der Waals surface area (Å²) in [6, 6.07) is 0.647. The lowest BCUT2D eigenvalue weighted by Crippen LogP contribution is -2.51. The predicted molar refractivity (Wildman–Crippen MR) is 76.6 cm³/mol. The number of aliphatic hydroxyl groups excluding tert-OH is 1. The second-order valence-corrected chi connectivity index (χ2v) is 7.32. The molecular weight excluding hydrogens is 222 g/mol. The lowest BCUT2D eigenvalue weighted by molar-refractivity contribution is -0.00924. The van der Waals surface area contributed by atoms with E-state index in [1.54, 1.807) is 0 Å². The molecule has 0 spiro atoms. The van der Waals surface area contributed by atoms with Gasteiger partial charge in [0.1, 0.15) is 0 Å². The first kappa shape index (κ1) is 14.3. The number of piperidine rings is 1. The van der Waals surface area contributed by atoms with Gasteiger partial charge in [0.15, 0.2) is 0 Å². The van der Waals surface area contributed by atoms with Crippen molar-refractivity contribution in [3.63, 3.8) is 0 Å². The van der Waals surface area contributed by atoms with Gasteiger partial charge in [-0.1, -0.05) is 27.2 Å². The van der Waals surface area contributed by atoms with Crippen LogP contribution in [-0.2, 0) is 0 Å². The van der Waals surface area contributed by atoms with Crippen LogP contribution < -0.4 is 0 Å². The van der Waals surface area contributed by atoms with E-state index in [4.69, 9.17) is 0 Å². The highest BCUT2D eigenvalue weighted by atomic mass is 16.3. The minimum atomic E-state index is -0.0480. The van der Waals surface area contributed by atoms with Gasteiger partial charge in [0.2, 0.25) is 0 Å². The van der Waals surface area contributed by atoms with Crippen molar-refractivity contribution < 1.29 is 5.11 Å². The van der Waals surface area contributed by atoms with E-state index >= 15 is 0 Å². The highest BCUT2D eigenvalue weighted by Crippen LogP contribution is 2.37. The summed E-state index contributed by atoms with van der Waals surface area (Å²) < 4.78 is 0. The number of likely N-dealkylation sites (tertiary alicyclic amines) is 1. The highest BCUT2D eigenvalue weighted by Gasteiger charge is 2.37. The third-order valence-electron chi connectivity index (χ3n) is 4.99. The summed E-state index contributed by atoms with van der Waals surface area (Å²) in [5.41, 5.74) is 0.470. The fourth-order valence-electron chi connectivity index (χ4n) is 4.09. The van der Waals surface area contributed by atoms with E-state index in [2.05, 4.69) is 25.7 Å². The van der Waals surface area contributed by atoms with Gasteiger partial charge in [-0.15, -0.1) is 0 Å². The molecule has 2 aliphatic rings. The Bertz CT molecular complexity index is 264. The summed E-state index contributed by atoms with van der Waals surface area (Å²) in [4.78, 5) is 2.70. The Balaban J connectivity index is 2.02. The molecule has 0 aromatic carbocycles. The van der Waals surface area contributed by atoms with E-state index in [0.29, 0.717) is 11.5 Å². The standard InChI is InChI=1S/C16H31NO/c1-4-6-13-7-8-14(18)11-15(13)17-10-5-9-16(2,3)12-17/h13-15,18H,4-12H2,1-3H3. The van der Waals surface area contributed by atoms with Gasteiger partial charge in [0, 0.05) is 12.6 Å². The molecule has 1 saturated heterocycles. The lowest BCUT2D eigenvalue weighted by Gasteiger charge is -2.47. The van der Waals surface area contributed by atoms with Gasteiger partial charge in [-0.2, -0.15) is 0 Å². The second-order valence-electron chi connectivity index (χ2n) is 7.32. The largest absolute Gasteiger partial charge is 0.393 e. The van der Waals surface area contributed by atoms with Crippen molar-refractivity contribution in [3.8, 4) is 0 Å². The zero-order chi connectivity index (χ0) is 13.2. The van der Waals surface area contributed by atoms with Crippen LogP contribution in [0.2, 0.25) is 0 Å². The maximum Gasteiger partial charge on any atom is 0.0555 e. The zero-order valence-electron chi connectivity index (χ0n) is 12.5. The predicted octanol–water partition coefficient (Wildman–Crippen LogP) is 3.44. The molecule has 1 saturated carbocycles. The fourth-order valence-corrected chi connectivity index (χ4v) is 4.09. The van der Waals surface area contributed by atoms with Crippen molar-refractivity contribution in [1.82, 2.24) is 4.90 Å². The molecule has 0 aromatic heterocycles. The molecule has 1 N–H and O–H groups in total. The minimum absolute atomic E-state index is 0.0480. The average Bonchev–Trinajstić information content (AvgIpc) is 2.30. The fraction of sp³-hybridized carbons (Fsp3) is 1.00. The van der Waals surface area contributed by atoms with Gasteiger partial charge in [-0.05, 0) is 56.4 Å². The van der Waals surface area contributed by atoms with E-state index in [9.17, 15) is 5.11 Å². The molecule has 2 rings (SSSR count). The van der Waals surface area contributed by atoms with Gasteiger partial charge in [0.05, 0.1) is 6.10 Å². The number of hydrogen-bond donors (Lipinski definition) is 1. The quantitative estimate of drug-likeness (QED) is 0.833. The second kappa shape index (κ2) is 5.92. The Morgan fingerprint density at radius 1 is 1.28 bits per heavy atom. The van der Waals surface area contributed by atoms with E-state index < -0.39 is 0 Å². The lowest BCUT2D eigenvalue weighted by atomic mass is 9.76. The molecule has 106 valence electrons. The van der Waals surface area contributed by atoms with Crippen LogP contribution in [0.4, 0.5) is 0 Å². The summed E-state index contributed by atoms with van der Waals surface area (Å²) >= 11 is 0. The van der Waals surface area contributed by atoms with Crippen LogP contribution in [0.25, 0.3) is 0 Å². The molecule has 3 atom stereocenters. The monoisotopic (exact) mass is 253 g/mol. The molecule has 1 aliphatic carbocycles. The summed E-state index contributed by atoms with van der Waals surface area (Å²) in [6.45, 7) is 9.56. The van der Waals surface area contributed by atoms with Crippen molar-refractivity contribution in [1.29, 1.82) is 0 Å². The van der Waals surface area contributed by atoms with E-state index in [-0.39, 0.29) is 6.10 Å². The summed E-state index contributed by atoms with van der Waals surface area (Å²) in [5.74, 6) is 0.826. The Hall–Kier alpha value is -0.0800. The van der Waals surface area contributed by atoms with Crippen LogP contribution in [0.5, 0.6) is 0 Å². The molecule has 1 heterocycles. The van der Waals surface area contributed by atoms with Gasteiger partial charge in [0.25, 0.3) is 0 Å². The van der Waals surface area contributed by atoms with Crippen LogP contribution in [0.1, 0.15) is 65.7 Å². The molecule has 2 heteroatoms. The van der Waals surface area contributed by atoms with Crippen molar-refractivity contribution in [2.45, 2.75) is 77.9 Å². The van der Waals surface area contributed by atoms with Crippen molar-refractivity contribution in [3.05, 3.63) is 0 Å². The third kappa shape index (κ3) is 3.48. The van der Waals surface area contributed by atoms with Gasteiger partial charge in [-0.25, -0.2) is 0 Å². The molecule has 0 radical (unpaired) electrons. The Morgan fingerprint density at radius 2 is 2.06 bits per heavy atom. The molecule has 2 fully saturated rings. The molecular formula is C16H31NO. The van der Waals surface area contributed by atoms with Gasteiger partial charge in [-0.3, -0.25) is 4.90 Å². The minimum Gasteiger partial charge on any atom is -0.393 e. The molecule has 2 nitrogen and oxygen atoms in total. The number of nitrogens with zero attached hydrogens (tertiary/aromatic N) is 1. The third-order valence-corrected chi connectivity index (χ3v) is 4.99. The van der Waals surface area contributed by atoms with Crippen LogP contribution in [-0.4, -0.2) is 35.2 Å². The first-order valence-corrected chi connectivity index (χ1v) is 7.94. The summed E-state index contributed by atoms with van der Waals surface area (Å²) in [5, 5.41) is 10.00. The first-order chi connectivity index (χ1) is 8.52. The topological polar surface area (TPSA) is 23.5 Å². The van der Waals surface area contributed by atoms with Gasteiger partial charge < -0.3 is 5.11 Å². The Kier molecular flexibility index (Phi) is 4.71. The number of rotatable bonds is 3. The van der Waals surface area contributed by atoms with Crippen LogP contribution in [0.3, 0.4) is 0 Å². The average molecular weight is 253 g/mol. The first-order valence-electron chi connectivity index (χ1n) is 7.94. The molecule has 0 aromatic rings. The summed E-state index contributed by atoms with van der Waals surface area (Å²) in [6.07, 6.45) is 8.54. The SMILES string of the molecule is CCCC1CCC(O)CC1N1CCCC(C)(C)C1. The molecule has 3 unspecified atom stereocenters.